The molecule has 0 radical (unpaired) electrons. The predicted octanol–water partition coefficient (Wildman–Crippen LogP) is 2.03. The summed E-state index contributed by atoms with van der Waals surface area (Å²) in [6.45, 7) is 2.54. The molecule has 0 aliphatic carbocycles. The normalized spacial score (nSPS) is 10.2. The molecule has 0 saturated carbocycles. The van der Waals surface area contributed by atoms with Gasteiger partial charge in [0.25, 0.3) is 0 Å². The molecule has 0 aliphatic rings. The number of rotatable bonds is 3. The van der Waals surface area contributed by atoms with Gasteiger partial charge in [0.1, 0.15) is 5.82 Å². The van der Waals surface area contributed by atoms with Crippen LogP contribution in [0, 0.1) is 12.7 Å². The zero-order chi connectivity index (χ0) is 8.97. The van der Waals surface area contributed by atoms with Crippen LogP contribution in [0.3, 0.4) is 0 Å². The third-order valence-corrected chi connectivity index (χ3v) is 1.98. The van der Waals surface area contributed by atoms with Gasteiger partial charge in [-0.05, 0) is 43.5 Å². The Kier molecular flexibility index (Phi) is 3.23. The van der Waals surface area contributed by atoms with Crippen molar-refractivity contribution < 1.29 is 4.39 Å². The molecule has 0 aromatic heterocycles. The lowest BCUT2D eigenvalue weighted by atomic mass is 10.0. The lowest BCUT2D eigenvalue weighted by Gasteiger charge is -2.05. The van der Waals surface area contributed by atoms with Gasteiger partial charge in [-0.1, -0.05) is 12.1 Å². The molecule has 66 valence electrons. The Labute approximate surface area is 72.4 Å². The SMILES string of the molecule is Cc1cccc(F)c1CCCN. The van der Waals surface area contributed by atoms with Crippen molar-refractivity contribution in [3.8, 4) is 0 Å². The largest absolute Gasteiger partial charge is 0.330 e. The van der Waals surface area contributed by atoms with E-state index in [-0.39, 0.29) is 5.82 Å². The van der Waals surface area contributed by atoms with E-state index in [1.54, 1.807) is 6.07 Å². The molecule has 1 nitrogen and oxygen atoms in total. The second-order valence-corrected chi connectivity index (χ2v) is 2.93. The first-order valence-electron chi connectivity index (χ1n) is 4.19. The van der Waals surface area contributed by atoms with Gasteiger partial charge in [-0.2, -0.15) is 0 Å². The highest BCUT2D eigenvalue weighted by Crippen LogP contribution is 2.13. The van der Waals surface area contributed by atoms with Gasteiger partial charge in [-0.15, -0.1) is 0 Å². The number of benzene rings is 1. The molecule has 2 N–H and O–H groups in total. The van der Waals surface area contributed by atoms with Crippen molar-refractivity contribution in [2.75, 3.05) is 6.54 Å². The molecule has 2 heteroatoms. The van der Waals surface area contributed by atoms with Gasteiger partial charge in [-0.25, -0.2) is 4.39 Å². The molecule has 0 aliphatic heterocycles. The van der Waals surface area contributed by atoms with Crippen molar-refractivity contribution in [1.82, 2.24) is 0 Å². The van der Waals surface area contributed by atoms with Gasteiger partial charge in [0, 0.05) is 0 Å². The molecule has 0 unspecified atom stereocenters. The molecule has 0 spiro atoms. The monoisotopic (exact) mass is 167 g/mol. The van der Waals surface area contributed by atoms with Crippen molar-refractivity contribution in [3.05, 3.63) is 35.1 Å². The summed E-state index contributed by atoms with van der Waals surface area (Å²) in [7, 11) is 0. The topological polar surface area (TPSA) is 26.0 Å². The van der Waals surface area contributed by atoms with Crippen molar-refractivity contribution in [3.63, 3.8) is 0 Å². The fourth-order valence-electron chi connectivity index (χ4n) is 1.26. The highest BCUT2D eigenvalue weighted by molar-refractivity contribution is 5.27. The molecule has 1 rings (SSSR count). The smallest absolute Gasteiger partial charge is 0.126 e. The van der Waals surface area contributed by atoms with Crippen LogP contribution in [0.4, 0.5) is 4.39 Å². The minimum Gasteiger partial charge on any atom is -0.330 e. The van der Waals surface area contributed by atoms with E-state index in [4.69, 9.17) is 5.73 Å². The van der Waals surface area contributed by atoms with Crippen molar-refractivity contribution >= 4 is 0 Å². The molecule has 0 atom stereocenters. The van der Waals surface area contributed by atoms with Crippen LogP contribution in [0.1, 0.15) is 17.5 Å². The first-order chi connectivity index (χ1) is 5.75. The van der Waals surface area contributed by atoms with Crippen LogP contribution in [0.25, 0.3) is 0 Å². The van der Waals surface area contributed by atoms with Gasteiger partial charge >= 0.3 is 0 Å². The Balaban J connectivity index is 2.81. The van der Waals surface area contributed by atoms with Gasteiger partial charge in [0.15, 0.2) is 0 Å². The minimum absolute atomic E-state index is 0.108. The lowest BCUT2D eigenvalue weighted by molar-refractivity contribution is 0.603. The maximum absolute atomic E-state index is 13.1. The first-order valence-corrected chi connectivity index (χ1v) is 4.19. The van der Waals surface area contributed by atoms with Gasteiger partial charge < -0.3 is 5.73 Å². The molecule has 1 aromatic rings. The number of hydrogen-bond donors (Lipinski definition) is 1. The fraction of sp³-hybridized carbons (Fsp3) is 0.400. The fourth-order valence-corrected chi connectivity index (χ4v) is 1.26. The van der Waals surface area contributed by atoms with Crippen LogP contribution < -0.4 is 5.73 Å². The number of aryl methyl sites for hydroxylation is 1. The average molecular weight is 167 g/mol. The van der Waals surface area contributed by atoms with Crippen LogP contribution in [-0.2, 0) is 6.42 Å². The second kappa shape index (κ2) is 4.21. The number of halogens is 1. The summed E-state index contributed by atoms with van der Waals surface area (Å²) in [5.41, 5.74) is 7.18. The Bertz CT molecular complexity index is 238. The Morgan fingerprint density at radius 3 is 2.75 bits per heavy atom. The summed E-state index contributed by atoms with van der Waals surface area (Å²) in [4.78, 5) is 0. The van der Waals surface area contributed by atoms with E-state index in [1.807, 2.05) is 13.0 Å². The highest BCUT2D eigenvalue weighted by atomic mass is 19.1. The Morgan fingerprint density at radius 2 is 2.17 bits per heavy atom. The van der Waals surface area contributed by atoms with E-state index in [0.717, 1.165) is 24.0 Å². The third-order valence-electron chi connectivity index (χ3n) is 1.98. The zero-order valence-corrected chi connectivity index (χ0v) is 7.31. The maximum atomic E-state index is 13.1. The van der Waals surface area contributed by atoms with Crippen LogP contribution in [0.2, 0.25) is 0 Å². The summed E-state index contributed by atoms with van der Waals surface area (Å²) in [5.74, 6) is -0.108. The quantitative estimate of drug-likeness (QED) is 0.732. The standard InChI is InChI=1S/C10H14FN/c1-8-4-2-6-10(11)9(8)5-3-7-12/h2,4,6H,3,5,7,12H2,1H3. The zero-order valence-electron chi connectivity index (χ0n) is 7.31. The van der Waals surface area contributed by atoms with Gasteiger partial charge in [0.2, 0.25) is 0 Å². The first kappa shape index (κ1) is 9.20. The van der Waals surface area contributed by atoms with E-state index in [9.17, 15) is 4.39 Å². The molecular formula is C10H14FN. The molecule has 0 bridgehead atoms. The van der Waals surface area contributed by atoms with Gasteiger partial charge in [0.05, 0.1) is 0 Å². The highest BCUT2D eigenvalue weighted by Gasteiger charge is 2.03. The second-order valence-electron chi connectivity index (χ2n) is 2.93. The molecule has 12 heavy (non-hydrogen) atoms. The molecular weight excluding hydrogens is 153 g/mol. The van der Waals surface area contributed by atoms with Crippen LogP contribution in [0.15, 0.2) is 18.2 Å². The van der Waals surface area contributed by atoms with Crippen molar-refractivity contribution in [1.29, 1.82) is 0 Å². The molecule has 0 heterocycles. The Morgan fingerprint density at radius 1 is 1.42 bits per heavy atom. The molecule has 0 saturated heterocycles. The van der Waals surface area contributed by atoms with Crippen molar-refractivity contribution in [2.24, 2.45) is 5.73 Å². The minimum atomic E-state index is -0.108. The van der Waals surface area contributed by atoms with Crippen LogP contribution in [0.5, 0.6) is 0 Å². The van der Waals surface area contributed by atoms with Gasteiger partial charge in [-0.3, -0.25) is 0 Å². The molecule has 0 amide bonds. The van der Waals surface area contributed by atoms with E-state index in [1.165, 1.54) is 6.07 Å². The summed E-state index contributed by atoms with van der Waals surface area (Å²) >= 11 is 0. The van der Waals surface area contributed by atoms with E-state index in [0.29, 0.717) is 6.54 Å². The summed E-state index contributed by atoms with van der Waals surface area (Å²) in [6, 6.07) is 5.16. The number of nitrogens with two attached hydrogens (primary N) is 1. The van der Waals surface area contributed by atoms with Crippen LogP contribution in [-0.4, -0.2) is 6.54 Å². The molecule has 1 aromatic carbocycles. The van der Waals surface area contributed by atoms with E-state index in [2.05, 4.69) is 0 Å². The van der Waals surface area contributed by atoms with Crippen LogP contribution >= 0.6 is 0 Å². The average Bonchev–Trinajstić information content (AvgIpc) is 2.04. The summed E-state index contributed by atoms with van der Waals surface area (Å²) < 4.78 is 13.1. The third kappa shape index (κ3) is 2.05. The summed E-state index contributed by atoms with van der Waals surface area (Å²) in [5, 5.41) is 0. The predicted molar refractivity (Wildman–Crippen MR) is 48.5 cm³/mol. The number of hydrogen-bond acceptors (Lipinski definition) is 1. The summed E-state index contributed by atoms with van der Waals surface area (Å²) in [6.07, 6.45) is 1.59. The lowest BCUT2D eigenvalue weighted by Crippen LogP contribution is -2.02. The van der Waals surface area contributed by atoms with E-state index >= 15 is 0 Å². The van der Waals surface area contributed by atoms with E-state index < -0.39 is 0 Å². The Hall–Kier alpha value is -0.890. The van der Waals surface area contributed by atoms with Crippen molar-refractivity contribution in [2.45, 2.75) is 19.8 Å². The maximum Gasteiger partial charge on any atom is 0.126 e. The molecule has 0 fully saturated rings.